The van der Waals surface area contributed by atoms with Gasteiger partial charge in [-0.1, -0.05) is 0 Å². The molecule has 0 amide bonds. The number of hydrazone groups is 1. The number of Topliss-reactive ketones (excluding diaryl/α,β-unsaturated/α-hetero) is 1. The van der Waals surface area contributed by atoms with Crippen molar-refractivity contribution in [2.75, 3.05) is 6.54 Å². The largest absolute Gasteiger partial charge is 0.297 e. The van der Waals surface area contributed by atoms with Crippen LogP contribution in [0.4, 0.5) is 0 Å². The van der Waals surface area contributed by atoms with Crippen molar-refractivity contribution in [2.45, 2.75) is 6.42 Å². The molecule has 0 aromatic carbocycles. The fourth-order valence-electron chi connectivity index (χ4n) is 0.500. The lowest BCUT2D eigenvalue weighted by Gasteiger charge is -2.11. The topological polar surface area (TPSA) is 52.9 Å². The van der Waals surface area contributed by atoms with Gasteiger partial charge in [0.2, 0.25) is 0 Å². The molecule has 0 bridgehead atoms. The van der Waals surface area contributed by atoms with Crippen LogP contribution in [-0.2, 0) is 4.79 Å². The smallest absolute Gasteiger partial charge is 0.161 e. The van der Waals surface area contributed by atoms with Crippen LogP contribution in [0.5, 0.6) is 0 Å². The first-order valence-corrected chi connectivity index (χ1v) is 2.29. The molecule has 4 nitrogen and oxygen atoms in total. The summed E-state index contributed by atoms with van der Waals surface area (Å²) in [6.45, 7) is 0.0243. The second-order valence-corrected chi connectivity index (χ2v) is 1.57. The second-order valence-electron chi connectivity index (χ2n) is 1.57. The molecule has 1 aliphatic heterocycles. The Morgan fingerprint density at radius 1 is 1.88 bits per heavy atom. The summed E-state index contributed by atoms with van der Waals surface area (Å²) in [5.74, 6) is -0.0116. The monoisotopic (exact) mass is 114 g/mol. The molecular weight excluding hydrogens is 108 g/mol. The van der Waals surface area contributed by atoms with Gasteiger partial charge < -0.3 is 0 Å². The molecule has 0 saturated carbocycles. The molecule has 0 saturated heterocycles. The molecule has 0 aromatic heterocycles. The molecule has 0 aromatic rings. The van der Waals surface area contributed by atoms with E-state index in [0.29, 0.717) is 11.6 Å². The van der Waals surface area contributed by atoms with Gasteiger partial charge in [0.25, 0.3) is 0 Å². The number of hydrogen-bond acceptors (Lipinski definition) is 4. The Labute approximate surface area is 46.4 Å². The third-order valence-electron chi connectivity index (χ3n) is 0.852. The molecule has 0 atom stereocenters. The van der Waals surface area contributed by atoms with Crippen molar-refractivity contribution in [3.05, 3.63) is 0 Å². The van der Waals surface area contributed by atoms with Crippen molar-refractivity contribution in [1.29, 1.82) is 0 Å². The zero-order chi connectivity index (χ0) is 5.98. The normalized spacial score (nSPS) is 19.6. The molecular formula is C4H6N2O2. The van der Waals surface area contributed by atoms with E-state index in [0.717, 1.165) is 0 Å². The van der Waals surface area contributed by atoms with Gasteiger partial charge in [0, 0.05) is 12.6 Å². The van der Waals surface area contributed by atoms with Crippen LogP contribution >= 0.6 is 0 Å². The van der Waals surface area contributed by atoms with Gasteiger partial charge in [0.1, 0.15) is 6.54 Å². The lowest BCUT2D eigenvalue weighted by Crippen LogP contribution is -2.25. The van der Waals surface area contributed by atoms with Gasteiger partial charge in [0.15, 0.2) is 5.78 Å². The molecule has 1 rings (SSSR count). The van der Waals surface area contributed by atoms with Crippen molar-refractivity contribution in [2.24, 2.45) is 5.10 Å². The van der Waals surface area contributed by atoms with Gasteiger partial charge in [-0.2, -0.15) is 10.3 Å². The predicted octanol–water partition coefficient (Wildman–Crippen LogP) is -0.364. The Balaban J connectivity index is 2.54. The Bertz CT molecular complexity index is 132. The first kappa shape index (κ1) is 5.24. The van der Waals surface area contributed by atoms with Crippen molar-refractivity contribution in [3.8, 4) is 0 Å². The summed E-state index contributed by atoms with van der Waals surface area (Å²) in [5.41, 5.74) is 0. The third kappa shape index (κ3) is 1.04. The number of carbonyl (C=O) groups excluding carboxylic acids is 1. The van der Waals surface area contributed by atoms with E-state index in [-0.39, 0.29) is 12.3 Å². The Morgan fingerprint density at radius 2 is 2.62 bits per heavy atom. The van der Waals surface area contributed by atoms with Gasteiger partial charge in [-0.15, -0.1) is 0 Å². The summed E-state index contributed by atoms with van der Waals surface area (Å²) in [5, 5.41) is 12.5. The van der Waals surface area contributed by atoms with Gasteiger partial charge in [0.05, 0.1) is 0 Å². The number of nitrogens with zero attached hydrogens (tertiary/aromatic N) is 2. The van der Waals surface area contributed by atoms with Crippen LogP contribution in [0.15, 0.2) is 5.10 Å². The average molecular weight is 114 g/mol. The summed E-state index contributed by atoms with van der Waals surface area (Å²) in [7, 11) is 0. The Kier molecular flexibility index (Phi) is 1.26. The number of carbonyl (C=O) groups is 1. The highest BCUT2D eigenvalue weighted by Gasteiger charge is 2.08. The molecule has 0 spiro atoms. The maximum atomic E-state index is 10.4. The first-order chi connectivity index (χ1) is 3.79. The molecule has 0 fully saturated rings. The number of rotatable bonds is 0. The van der Waals surface area contributed by atoms with E-state index >= 15 is 0 Å². The standard InChI is InChI=1S/C4H6N2O2/c7-4-1-2-5-6(8)3-4/h2,8H,1,3H2. The lowest BCUT2D eigenvalue weighted by molar-refractivity contribution is -0.136. The molecule has 1 heterocycles. The highest BCUT2D eigenvalue weighted by molar-refractivity contribution is 5.93. The predicted molar refractivity (Wildman–Crippen MR) is 26.6 cm³/mol. The van der Waals surface area contributed by atoms with Gasteiger partial charge >= 0.3 is 0 Å². The van der Waals surface area contributed by atoms with Crippen molar-refractivity contribution >= 4 is 12.0 Å². The molecule has 44 valence electrons. The molecule has 0 aliphatic carbocycles. The highest BCUT2D eigenvalue weighted by atomic mass is 16.5. The van der Waals surface area contributed by atoms with Crippen molar-refractivity contribution < 1.29 is 10.0 Å². The maximum absolute atomic E-state index is 10.4. The minimum Gasteiger partial charge on any atom is -0.297 e. The van der Waals surface area contributed by atoms with Crippen LogP contribution in [0.2, 0.25) is 0 Å². The Hall–Kier alpha value is -0.900. The highest BCUT2D eigenvalue weighted by Crippen LogP contribution is 1.92. The zero-order valence-corrected chi connectivity index (χ0v) is 4.24. The van der Waals surface area contributed by atoms with E-state index in [1.165, 1.54) is 6.21 Å². The summed E-state index contributed by atoms with van der Waals surface area (Å²) >= 11 is 0. The van der Waals surface area contributed by atoms with E-state index in [4.69, 9.17) is 5.21 Å². The van der Waals surface area contributed by atoms with E-state index < -0.39 is 0 Å². The maximum Gasteiger partial charge on any atom is 0.161 e. The van der Waals surface area contributed by atoms with E-state index in [2.05, 4.69) is 5.10 Å². The fraction of sp³-hybridized carbons (Fsp3) is 0.500. The van der Waals surface area contributed by atoms with Crippen LogP contribution in [0, 0.1) is 0 Å². The average Bonchev–Trinajstić information content (AvgIpc) is 1.64. The molecule has 4 heteroatoms. The zero-order valence-electron chi connectivity index (χ0n) is 4.24. The van der Waals surface area contributed by atoms with E-state index in [9.17, 15) is 4.79 Å². The summed E-state index contributed by atoms with van der Waals surface area (Å²) in [6, 6.07) is 0. The van der Waals surface area contributed by atoms with Crippen LogP contribution in [0.1, 0.15) is 6.42 Å². The first-order valence-electron chi connectivity index (χ1n) is 2.29. The third-order valence-corrected chi connectivity index (χ3v) is 0.852. The van der Waals surface area contributed by atoms with Crippen molar-refractivity contribution in [1.82, 2.24) is 5.17 Å². The van der Waals surface area contributed by atoms with E-state index in [1.54, 1.807) is 0 Å². The Morgan fingerprint density at radius 3 is 3.00 bits per heavy atom. The molecule has 1 N–H and O–H groups in total. The van der Waals surface area contributed by atoms with Gasteiger partial charge in [-0.05, 0) is 0 Å². The van der Waals surface area contributed by atoms with Crippen LogP contribution in [-0.4, -0.2) is 28.9 Å². The SMILES string of the molecule is O=C1CC=NN(O)C1. The quantitative estimate of drug-likeness (QED) is 0.467. The minimum absolute atomic E-state index is 0.0116. The number of hydroxylamine groups is 1. The number of hydrogen-bond donors (Lipinski definition) is 1. The fourth-order valence-corrected chi connectivity index (χ4v) is 0.500. The second kappa shape index (κ2) is 1.92. The minimum atomic E-state index is -0.0116. The number of ketones is 1. The lowest BCUT2D eigenvalue weighted by atomic mass is 10.3. The van der Waals surface area contributed by atoms with Crippen molar-refractivity contribution in [3.63, 3.8) is 0 Å². The van der Waals surface area contributed by atoms with Crippen LogP contribution in [0.3, 0.4) is 0 Å². The van der Waals surface area contributed by atoms with Crippen LogP contribution < -0.4 is 0 Å². The van der Waals surface area contributed by atoms with Crippen LogP contribution in [0.25, 0.3) is 0 Å². The molecule has 8 heavy (non-hydrogen) atoms. The molecule has 1 aliphatic rings. The molecule has 0 radical (unpaired) electrons. The van der Waals surface area contributed by atoms with Gasteiger partial charge in [-0.25, -0.2) is 0 Å². The van der Waals surface area contributed by atoms with Gasteiger partial charge in [-0.3, -0.25) is 10.0 Å². The van der Waals surface area contributed by atoms with E-state index in [1.807, 2.05) is 0 Å². The summed E-state index contributed by atoms with van der Waals surface area (Å²) in [6.07, 6.45) is 1.73. The summed E-state index contributed by atoms with van der Waals surface area (Å²) < 4.78 is 0. The molecule has 0 unspecified atom stereocenters. The summed E-state index contributed by atoms with van der Waals surface area (Å²) in [4.78, 5) is 10.4.